The molecular formula is C20H20Br2N4O4S. The van der Waals surface area contributed by atoms with E-state index in [1.54, 1.807) is 24.3 Å². The first-order chi connectivity index (χ1) is 14.7. The van der Waals surface area contributed by atoms with Crippen LogP contribution in [0, 0.1) is 6.92 Å². The lowest BCUT2D eigenvalue weighted by molar-refractivity contribution is -0.125. The van der Waals surface area contributed by atoms with Gasteiger partial charge in [-0.1, -0.05) is 34.1 Å². The maximum Gasteiger partial charge on any atom is 0.264 e. The highest BCUT2D eigenvalue weighted by Crippen LogP contribution is 2.32. The van der Waals surface area contributed by atoms with Crippen LogP contribution in [0.2, 0.25) is 0 Å². The number of aryl methyl sites for hydroxylation is 1. The molecule has 31 heavy (non-hydrogen) atoms. The molecule has 4 N–H and O–H groups in total. The molecule has 164 valence electrons. The number of para-hydroxylation sites is 1. The van der Waals surface area contributed by atoms with Gasteiger partial charge in [0.2, 0.25) is 11.8 Å². The molecule has 8 nitrogen and oxygen atoms in total. The lowest BCUT2D eigenvalue weighted by Gasteiger charge is -2.13. The number of rotatable bonds is 7. The number of hydrogen-bond donors (Lipinski definition) is 4. The van der Waals surface area contributed by atoms with Crippen molar-refractivity contribution in [2.45, 2.75) is 19.8 Å². The summed E-state index contributed by atoms with van der Waals surface area (Å²) in [7, 11) is 0. The van der Waals surface area contributed by atoms with Gasteiger partial charge in [-0.15, -0.1) is 0 Å². The minimum Gasteiger partial charge on any atom is -0.482 e. The van der Waals surface area contributed by atoms with Gasteiger partial charge >= 0.3 is 0 Å². The monoisotopic (exact) mass is 570 g/mol. The average molecular weight is 572 g/mol. The fourth-order valence-electron chi connectivity index (χ4n) is 2.36. The number of amides is 3. The Morgan fingerprint density at radius 2 is 1.65 bits per heavy atom. The van der Waals surface area contributed by atoms with Crippen LogP contribution in [0.5, 0.6) is 5.75 Å². The molecule has 0 radical (unpaired) electrons. The second-order valence-electron chi connectivity index (χ2n) is 6.29. The van der Waals surface area contributed by atoms with Crippen molar-refractivity contribution in [3.8, 4) is 5.75 Å². The van der Waals surface area contributed by atoms with Gasteiger partial charge in [0.1, 0.15) is 5.75 Å². The molecule has 0 atom stereocenters. The van der Waals surface area contributed by atoms with Crippen molar-refractivity contribution in [2.75, 3.05) is 11.9 Å². The zero-order valence-electron chi connectivity index (χ0n) is 16.5. The number of ether oxygens (including phenoxy) is 1. The number of carbonyl (C=O) groups excluding carboxylic acids is 3. The Kier molecular flexibility index (Phi) is 9.89. The number of hydrazine groups is 1. The van der Waals surface area contributed by atoms with Gasteiger partial charge in [0.15, 0.2) is 11.7 Å². The van der Waals surface area contributed by atoms with E-state index in [-0.39, 0.29) is 30.5 Å². The van der Waals surface area contributed by atoms with Gasteiger partial charge in [-0.2, -0.15) is 0 Å². The average Bonchev–Trinajstić information content (AvgIpc) is 2.70. The van der Waals surface area contributed by atoms with E-state index in [1.807, 2.05) is 25.1 Å². The summed E-state index contributed by atoms with van der Waals surface area (Å²) >= 11 is 11.7. The number of thiocarbonyl (C=S) groups is 1. The van der Waals surface area contributed by atoms with E-state index >= 15 is 0 Å². The number of benzene rings is 2. The molecule has 0 aromatic heterocycles. The van der Waals surface area contributed by atoms with Gasteiger partial charge < -0.3 is 10.1 Å². The van der Waals surface area contributed by atoms with Gasteiger partial charge in [0, 0.05) is 23.0 Å². The third-order valence-electron chi connectivity index (χ3n) is 3.75. The van der Waals surface area contributed by atoms with Crippen LogP contribution in [0.4, 0.5) is 5.69 Å². The van der Waals surface area contributed by atoms with Crippen LogP contribution in [0.3, 0.4) is 0 Å². The van der Waals surface area contributed by atoms with E-state index in [2.05, 4.69) is 53.3 Å². The molecule has 0 saturated carbocycles. The first-order valence-corrected chi connectivity index (χ1v) is 11.1. The number of nitrogens with one attached hydrogen (secondary N) is 4. The molecule has 0 fully saturated rings. The Balaban J connectivity index is 1.66. The Morgan fingerprint density at radius 1 is 0.968 bits per heavy atom. The lowest BCUT2D eigenvalue weighted by Crippen LogP contribution is -2.49. The molecule has 0 heterocycles. The van der Waals surface area contributed by atoms with Crippen LogP contribution in [0.25, 0.3) is 0 Å². The van der Waals surface area contributed by atoms with Crippen molar-refractivity contribution in [1.82, 2.24) is 16.2 Å². The van der Waals surface area contributed by atoms with Crippen molar-refractivity contribution in [2.24, 2.45) is 0 Å². The molecule has 2 aromatic carbocycles. The highest BCUT2D eigenvalue weighted by atomic mass is 79.9. The molecule has 2 aromatic rings. The van der Waals surface area contributed by atoms with Crippen LogP contribution in [-0.2, 0) is 14.4 Å². The molecule has 0 aliphatic carbocycles. The van der Waals surface area contributed by atoms with Crippen molar-refractivity contribution in [3.63, 3.8) is 0 Å². The van der Waals surface area contributed by atoms with Crippen molar-refractivity contribution in [1.29, 1.82) is 0 Å². The summed E-state index contributed by atoms with van der Waals surface area (Å²) in [6, 6.07) is 12.6. The molecule has 3 amide bonds. The third kappa shape index (κ3) is 9.03. The first-order valence-electron chi connectivity index (χ1n) is 9.06. The van der Waals surface area contributed by atoms with E-state index in [4.69, 9.17) is 17.0 Å². The minimum absolute atomic E-state index is 0.00319. The summed E-state index contributed by atoms with van der Waals surface area (Å²) in [4.78, 5) is 35.7. The molecule has 0 unspecified atom stereocenters. The van der Waals surface area contributed by atoms with Gasteiger partial charge in [-0.3, -0.25) is 30.6 Å². The maximum absolute atomic E-state index is 12.0. The zero-order chi connectivity index (χ0) is 22.8. The van der Waals surface area contributed by atoms with Gasteiger partial charge in [0.25, 0.3) is 5.91 Å². The van der Waals surface area contributed by atoms with Crippen LogP contribution in [-0.4, -0.2) is 29.4 Å². The SMILES string of the molecule is Cc1cc(Br)cc(Br)c1OCC(=O)NC(=S)NNC(=O)CCC(=O)Nc1ccccc1. The Bertz CT molecular complexity index is 950. The van der Waals surface area contributed by atoms with E-state index in [9.17, 15) is 14.4 Å². The lowest BCUT2D eigenvalue weighted by atomic mass is 10.2. The molecule has 0 spiro atoms. The van der Waals surface area contributed by atoms with Gasteiger partial charge in [-0.25, -0.2) is 0 Å². The second kappa shape index (κ2) is 12.4. The smallest absolute Gasteiger partial charge is 0.264 e. The largest absolute Gasteiger partial charge is 0.482 e. The molecule has 0 aliphatic rings. The standard InChI is InChI=1S/C20H20Br2N4O4S/c1-12-9-13(21)10-15(22)19(12)30-11-18(29)24-20(31)26-25-17(28)8-7-16(27)23-14-5-3-2-4-6-14/h2-6,9-10H,7-8,11H2,1H3,(H,23,27)(H,25,28)(H2,24,26,29,31). The Labute approximate surface area is 201 Å². The number of hydrogen-bond acceptors (Lipinski definition) is 5. The Morgan fingerprint density at radius 3 is 2.32 bits per heavy atom. The summed E-state index contributed by atoms with van der Waals surface area (Å²) in [5.41, 5.74) is 6.24. The molecule has 2 rings (SSSR count). The van der Waals surface area contributed by atoms with Crippen LogP contribution in [0.1, 0.15) is 18.4 Å². The fraction of sp³-hybridized carbons (Fsp3) is 0.200. The topological polar surface area (TPSA) is 109 Å². The van der Waals surface area contributed by atoms with E-state index in [1.165, 1.54) is 0 Å². The summed E-state index contributed by atoms with van der Waals surface area (Å²) in [6.07, 6.45) is -0.0566. The van der Waals surface area contributed by atoms with Gasteiger partial charge in [0.05, 0.1) is 4.47 Å². The minimum atomic E-state index is -0.497. The first kappa shape index (κ1) is 24.8. The molecule has 0 saturated heterocycles. The van der Waals surface area contributed by atoms with E-state index in [0.29, 0.717) is 15.9 Å². The second-order valence-corrected chi connectivity index (χ2v) is 8.47. The van der Waals surface area contributed by atoms with Crippen molar-refractivity contribution >= 4 is 72.6 Å². The summed E-state index contributed by atoms with van der Waals surface area (Å²) in [6.45, 7) is 1.58. The third-order valence-corrected chi connectivity index (χ3v) is 5.00. The predicted molar refractivity (Wildman–Crippen MR) is 128 cm³/mol. The van der Waals surface area contributed by atoms with Crippen LogP contribution < -0.4 is 26.2 Å². The zero-order valence-corrected chi connectivity index (χ0v) is 20.4. The fourth-order valence-corrected chi connectivity index (χ4v) is 4.08. The maximum atomic E-state index is 12.0. The van der Waals surface area contributed by atoms with Gasteiger partial charge in [-0.05, 0) is 64.9 Å². The van der Waals surface area contributed by atoms with E-state index in [0.717, 1.165) is 10.0 Å². The molecule has 11 heteroatoms. The highest BCUT2D eigenvalue weighted by molar-refractivity contribution is 9.11. The predicted octanol–water partition coefficient (Wildman–Crippen LogP) is 3.34. The number of carbonyl (C=O) groups is 3. The Hall–Kier alpha value is -2.50. The molecule has 0 bridgehead atoms. The number of halogens is 2. The normalized spacial score (nSPS) is 10.0. The van der Waals surface area contributed by atoms with Crippen molar-refractivity contribution < 1.29 is 19.1 Å². The van der Waals surface area contributed by atoms with Crippen LogP contribution in [0.15, 0.2) is 51.4 Å². The quantitative estimate of drug-likeness (QED) is 0.300. The van der Waals surface area contributed by atoms with Crippen molar-refractivity contribution in [3.05, 3.63) is 57.0 Å². The van der Waals surface area contributed by atoms with E-state index < -0.39 is 11.8 Å². The number of anilines is 1. The van der Waals surface area contributed by atoms with Crippen LogP contribution >= 0.6 is 44.1 Å². The molecular weight excluding hydrogens is 552 g/mol. The summed E-state index contributed by atoms with van der Waals surface area (Å²) in [5.74, 6) is -0.697. The highest BCUT2D eigenvalue weighted by Gasteiger charge is 2.12. The molecule has 0 aliphatic heterocycles. The summed E-state index contributed by atoms with van der Waals surface area (Å²) < 4.78 is 7.11. The summed E-state index contributed by atoms with van der Waals surface area (Å²) in [5, 5.41) is 4.98.